The molecule has 1 aliphatic rings. The largest absolute Gasteiger partial charge is 0.378 e. The van der Waals surface area contributed by atoms with E-state index in [1.807, 2.05) is 17.5 Å². The molecule has 1 aliphatic heterocycles. The second-order valence-corrected chi connectivity index (χ2v) is 4.46. The van der Waals surface area contributed by atoms with Crippen LogP contribution in [0.25, 0.3) is 10.7 Å². The SMILES string of the molecule is c1csc(-c2noc(C3COCCN3)n2)c1. The minimum atomic E-state index is 0.0231. The fraction of sp³-hybridized carbons (Fsp3) is 0.400. The minimum absolute atomic E-state index is 0.0231. The molecule has 1 N–H and O–H groups in total. The van der Waals surface area contributed by atoms with Crippen LogP contribution >= 0.6 is 11.3 Å². The van der Waals surface area contributed by atoms with Crippen LogP contribution in [0.1, 0.15) is 11.9 Å². The normalized spacial score (nSPS) is 21.1. The van der Waals surface area contributed by atoms with Crippen molar-refractivity contribution >= 4 is 11.3 Å². The van der Waals surface area contributed by atoms with E-state index in [0.717, 1.165) is 18.0 Å². The molecule has 0 radical (unpaired) electrons. The van der Waals surface area contributed by atoms with Crippen LogP contribution in [0.3, 0.4) is 0 Å². The number of morpholine rings is 1. The average Bonchev–Trinajstić information content (AvgIpc) is 3.01. The Morgan fingerprint density at radius 3 is 3.25 bits per heavy atom. The highest BCUT2D eigenvalue weighted by atomic mass is 32.1. The Morgan fingerprint density at radius 2 is 2.50 bits per heavy atom. The molecule has 84 valence electrons. The Hall–Kier alpha value is -1.24. The molecule has 16 heavy (non-hydrogen) atoms. The summed E-state index contributed by atoms with van der Waals surface area (Å²) in [7, 11) is 0. The molecular formula is C10H11N3O2S. The number of rotatable bonds is 2. The number of nitrogens with zero attached hydrogens (tertiary/aromatic N) is 2. The van der Waals surface area contributed by atoms with Crippen molar-refractivity contribution in [2.45, 2.75) is 6.04 Å². The summed E-state index contributed by atoms with van der Waals surface area (Å²) in [6.07, 6.45) is 0. The zero-order chi connectivity index (χ0) is 10.8. The highest BCUT2D eigenvalue weighted by Gasteiger charge is 2.22. The first kappa shape index (κ1) is 9.95. The summed E-state index contributed by atoms with van der Waals surface area (Å²) in [6, 6.07) is 3.97. The van der Waals surface area contributed by atoms with Crippen molar-refractivity contribution in [3.05, 3.63) is 23.4 Å². The molecule has 3 heterocycles. The summed E-state index contributed by atoms with van der Waals surface area (Å²) >= 11 is 1.60. The predicted octanol–water partition coefficient (Wildman–Crippen LogP) is 1.46. The molecule has 0 spiro atoms. The van der Waals surface area contributed by atoms with Gasteiger partial charge in [0, 0.05) is 6.54 Å². The highest BCUT2D eigenvalue weighted by Crippen LogP contribution is 2.23. The molecule has 1 atom stereocenters. The predicted molar refractivity (Wildman–Crippen MR) is 59.2 cm³/mol. The Balaban J connectivity index is 1.82. The van der Waals surface area contributed by atoms with E-state index in [9.17, 15) is 0 Å². The van der Waals surface area contributed by atoms with Gasteiger partial charge in [0.15, 0.2) is 0 Å². The third-order valence-electron chi connectivity index (χ3n) is 2.40. The van der Waals surface area contributed by atoms with Gasteiger partial charge in [-0.3, -0.25) is 0 Å². The van der Waals surface area contributed by atoms with Crippen molar-refractivity contribution in [3.63, 3.8) is 0 Å². The van der Waals surface area contributed by atoms with Crippen LogP contribution in [0.2, 0.25) is 0 Å². The lowest BCUT2D eigenvalue weighted by Gasteiger charge is -2.20. The molecule has 0 bridgehead atoms. The summed E-state index contributed by atoms with van der Waals surface area (Å²) in [4.78, 5) is 5.39. The summed E-state index contributed by atoms with van der Waals surface area (Å²) in [5, 5.41) is 9.23. The van der Waals surface area contributed by atoms with Crippen molar-refractivity contribution < 1.29 is 9.26 Å². The summed E-state index contributed by atoms with van der Waals surface area (Å²) in [5.74, 6) is 1.25. The zero-order valence-corrected chi connectivity index (χ0v) is 9.37. The Labute approximate surface area is 96.4 Å². The molecule has 2 aromatic rings. The Morgan fingerprint density at radius 1 is 1.50 bits per heavy atom. The van der Waals surface area contributed by atoms with Gasteiger partial charge in [-0.25, -0.2) is 0 Å². The van der Waals surface area contributed by atoms with E-state index < -0.39 is 0 Å². The van der Waals surface area contributed by atoms with Gasteiger partial charge in [-0.2, -0.15) is 4.98 Å². The number of nitrogens with one attached hydrogen (secondary N) is 1. The van der Waals surface area contributed by atoms with Crippen LogP contribution in [0.4, 0.5) is 0 Å². The van der Waals surface area contributed by atoms with Gasteiger partial charge < -0.3 is 14.6 Å². The van der Waals surface area contributed by atoms with Gasteiger partial charge in [0.05, 0.1) is 18.1 Å². The third kappa shape index (κ3) is 1.87. The van der Waals surface area contributed by atoms with Crippen LogP contribution < -0.4 is 5.32 Å². The lowest BCUT2D eigenvalue weighted by Crippen LogP contribution is -2.34. The number of hydrogen-bond acceptors (Lipinski definition) is 6. The molecule has 5 nitrogen and oxygen atoms in total. The van der Waals surface area contributed by atoms with Crippen LogP contribution in [0.5, 0.6) is 0 Å². The first-order chi connectivity index (χ1) is 7.93. The van der Waals surface area contributed by atoms with Crippen LogP contribution in [-0.4, -0.2) is 29.9 Å². The number of hydrogen-bond donors (Lipinski definition) is 1. The molecular weight excluding hydrogens is 226 g/mol. The van der Waals surface area contributed by atoms with Gasteiger partial charge in [-0.1, -0.05) is 11.2 Å². The van der Waals surface area contributed by atoms with Gasteiger partial charge in [0.2, 0.25) is 11.7 Å². The van der Waals surface area contributed by atoms with Gasteiger partial charge in [0.25, 0.3) is 0 Å². The first-order valence-corrected chi connectivity index (χ1v) is 6.00. The topological polar surface area (TPSA) is 60.2 Å². The molecule has 1 fully saturated rings. The maximum absolute atomic E-state index is 5.35. The van der Waals surface area contributed by atoms with E-state index in [0.29, 0.717) is 18.3 Å². The zero-order valence-electron chi connectivity index (χ0n) is 8.55. The lowest BCUT2D eigenvalue weighted by atomic mass is 10.3. The molecule has 0 amide bonds. The van der Waals surface area contributed by atoms with Crippen molar-refractivity contribution in [2.24, 2.45) is 0 Å². The summed E-state index contributed by atoms with van der Waals surface area (Å²) in [6.45, 7) is 2.15. The number of aromatic nitrogens is 2. The highest BCUT2D eigenvalue weighted by molar-refractivity contribution is 7.13. The minimum Gasteiger partial charge on any atom is -0.378 e. The fourth-order valence-corrected chi connectivity index (χ4v) is 2.26. The van der Waals surface area contributed by atoms with E-state index in [1.54, 1.807) is 11.3 Å². The smallest absolute Gasteiger partial charge is 0.246 e. The van der Waals surface area contributed by atoms with Crippen molar-refractivity contribution in [3.8, 4) is 10.7 Å². The second-order valence-electron chi connectivity index (χ2n) is 3.52. The van der Waals surface area contributed by atoms with E-state index >= 15 is 0 Å². The summed E-state index contributed by atoms with van der Waals surface area (Å²) in [5.41, 5.74) is 0. The molecule has 6 heteroatoms. The quantitative estimate of drug-likeness (QED) is 0.856. The van der Waals surface area contributed by atoms with E-state index in [1.165, 1.54) is 0 Å². The maximum atomic E-state index is 5.35. The van der Waals surface area contributed by atoms with Gasteiger partial charge >= 0.3 is 0 Å². The first-order valence-electron chi connectivity index (χ1n) is 5.12. The Kier molecular flexibility index (Phi) is 2.69. The van der Waals surface area contributed by atoms with Crippen molar-refractivity contribution in [1.29, 1.82) is 0 Å². The van der Waals surface area contributed by atoms with E-state index in [-0.39, 0.29) is 6.04 Å². The third-order valence-corrected chi connectivity index (χ3v) is 3.27. The maximum Gasteiger partial charge on any atom is 0.246 e. The Bertz CT molecular complexity index is 448. The van der Waals surface area contributed by atoms with Gasteiger partial charge in [0.1, 0.15) is 6.04 Å². The van der Waals surface area contributed by atoms with Crippen LogP contribution in [0.15, 0.2) is 22.0 Å². The molecule has 2 aromatic heterocycles. The standard InChI is InChI=1S/C10H11N3O2S/c1-2-8(16-5-1)9-12-10(15-13-9)7-6-14-4-3-11-7/h1-2,5,7,11H,3-4,6H2. The average molecular weight is 237 g/mol. The molecule has 3 rings (SSSR count). The van der Waals surface area contributed by atoms with Gasteiger partial charge in [-0.05, 0) is 11.4 Å². The van der Waals surface area contributed by atoms with E-state index in [2.05, 4.69) is 15.5 Å². The summed E-state index contributed by atoms with van der Waals surface area (Å²) < 4.78 is 10.6. The molecule has 0 aromatic carbocycles. The monoisotopic (exact) mass is 237 g/mol. The van der Waals surface area contributed by atoms with Crippen molar-refractivity contribution in [1.82, 2.24) is 15.5 Å². The second kappa shape index (κ2) is 4.32. The number of thiophene rings is 1. The molecule has 1 saturated heterocycles. The van der Waals surface area contributed by atoms with Crippen LogP contribution in [0, 0.1) is 0 Å². The molecule has 1 unspecified atom stereocenters. The number of ether oxygens (including phenoxy) is 1. The van der Waals surface area contributed by atoms with E-state index in [4.69, 9.17) is 9.26 Å². The van der Waals surface area contributed by atoms with Crippen molar-refractivity contribution in [2.75, 3.05) is 19.8 Å². The van der Waals surface area contributed by atoms with Gasteiger partial charge in [-0.15, -0.1) is 11.3 Å². The fourth-order valence-electron chi connectivity index (χ4n) is 1.61. The van der Waals surface area contributed by atoms with Crippen LogP contribution in [-0.2, 0) is 4.74 Å². The molecule has 0 saturated carbocycles. The lowest BCUT2D eigenvalue weighted by molar-refractivity contribution is 0.0659. The molecule has 0 aliphatic carbocycles.